The number of aliphatic carboxylic acids is 1. The molecule has 0 aromatic carbocycles. The number of carboxylic acid groups (broad SMARTS) is 1. The lowest BCUT2D eigenvalue weighted by Gasteiger charge is -2.23. The van der Waals surface area contributed by atoms with Crippen LogP contribution in [0.2, 0.25) is 0 Å². The second kappa shape index (κ2) is 7.27. The summed E-state index contributed by atoms with van der Waals surface area (Å²) in [6.07, 6.45) is 1.65. The van der Waals surface area contributed by atoms with Gasteiger partial charge in [-0.25, -0.2) is 0 Å². The molecule has 1 amide bonds. The molecule has 100 valence electrons. The third kappa shape index (κ3) is 6.94. The number of nitrogens with one attached hydrogen (secondary N) is 2. The molecule has 0 radical (unpaired) electrons. The van der Waals surface area contributed by atoms with E-state index in [-0.39, 0.29) is 12.3 Å². The summed E-state index contributed by atoms with van der Waals surface area (Å²) in [6.45, 7) is 6.22. The lowest BCUT2D eigenvalue weighted by Crippen LogP contribution is -2.51. The summed E-state index contributed by atoms with van der Waals surface area (Å²) >= 11 is 0. The van der Waals surface area contributed by atoms with Gasteiger partial charge in [0.05, 0.1) is 5.54 Å². The smallest absolute Gasteiger partial charge is 0.303 e. The van der Waals surface area contributed by atoms with Crippen LogP contribution in [-0.2, 0) is 9.59 Å². The van der Waals surface area contributed by atoms with Gasteiger partial charge in [-0.1, -0.05) is 6.92 Å². The Kier molecular flexibility index (Phi) is 6.80. The maximum atomic E-state index is 11.7. The highest BCUT2D eigenvalue weighted by Crippen LogP contribution is 2.09. The normalized spacial score (nSPS) is 13.2. The lowest BCUT2D eigenvalue weighted by molar-refractivity contribution is -0.137. The summed E-state index contributed by atoms with van der Waals surface area (Å²) in [5.41, 5.74) is -0.565. The van der Waals surface area contributed by atoms with E-state index in [1.807, 2.05) is 20.8 Å². The summed E-state index contributed by atoms with van der Waals surface area (Å²) in [6, 6.07) is 0. The molecule has 0 aliphatic heterocycles. The minimum absolute atomic E-state index is 0.0366. The third-order valence-electron chi connectivity index (χ3n) is 2.97. The largest absolute Gasteiger partial charge is 0.481 e. The van der Waals surface area contributed by atoms with Crippen molar-refractivity contribution >= 4 is 11.9 Å². The van der Waals surface area contributed by atoms with Crippen LogP contribution in [0.1, 0.15) is 40.0 Å². The first kappa shape index (κ1) is 15.9. The van der Waals surface area contributed by atoms with Gasteiger partial charge in [-0.3, -0.25) is 9.59 Å². The molecule has 0 aromatic rings. The number of likely N-dealkylation sites (N-methyl/N-ethyl adjacent to an activating group) is 1. The van der Waals surface area contributed by atoms with Crippen molar-refractivity contribution in [2.24, 2.45) is 5.92 Å². The van der Waals surface area contributed by atoms with Crippen LogP contribution in [0.4, 0.5) is 0 Å². The number of carbonyl (C=O) groups excluding carboxylic acids is 1. The Balaban J connectivity index is 3.77. The molecule has 0 saturated carbocycles. The zero-order chi connectivity index (χ0) is 13.5. The Hall–Kier alpha value is -1.10. The van der Waals surface area contributed by atoms with Gasteiger partial charge >= 0.3 is 5.97 Å². The minimum atomic E-state index is -0.766. The van der Waals surface area contributed by atoms with Crippen LogP contribution < -0.4 is 10.6 Å². The van der Waals surface area contributed by atoms with Crippen molar-refractivity contribution in [3.05, 3.63) is 0 Å². The predicted octanol–water partition coefficient (Wildman–Crippen LogP) is 0.992. The second-order valence-electron chi connectivity index (χ2n) is 4.96. The van der Waals surface area contributed by atoms with Gasteiger partial charge in [0, 0.05) is 13.0 Å². The molecule has 5 nitrogen and oxygen atoms in total. The average Bonchev–Trinajstić information content (AvgIpc) is 2.26. The van der Waals surface area contributed by atoms with Crippen LogP contribution in [0, 0.1) is 5.92 Å². The third-order valence-corrected chi connectivity index (χ3v) is 2.97. The van der Waals surface area contributed by atoms with Crippen molar-refractivity contribution in [3.63, 3.8) is 0 Å². The van der Waals surface area contributed by atoms with Gasteiger partial charge in [0.15, 0.2) is 0 Å². The fourth-order valence-electron chi connectivity index (χ4n) is 1.28. The quantitative estimate of drug-likeness (QED) is 0.595. The van der Waals surface area contributed by atoms with E-state index in [4.69, 9.17) is 5.11 Å². The fourth-order valence-corrected chi connectivity index (χ4v) is 1.28. The Labute approximate surface area is 103 Å². The van der Waals surface area contributed by atoms with E-state index in [2.05, 4.69) is 10.6 Å². The fraction of sp³-hybridized carbons (Fsp3) is 0.833. The van der Waals surface area contributed by atoms with Gasteiger partial charge < -0.3 is 15.7 Å². The van der Waals surface area contributed by atoms with Crippen molar-refractivity contribution in [3.8, 4) is 0 Å². The maximum absolute atomic E-state index is 11.7. The zero-order valence-electron chi connectivity index (χ0n) is 11.2. The van der Waals surface area contributed by atoms with E-state index in [0.717, 1.165) is 6.42 Å². The molecule has 0 saturated heterocycles. The van der Waals surface area contributed by atoms with E-state index in [1.165, 1.54) is 0 Å². The Morgan fingerprint density at radius 2 is 1.88 bits per heavy atom. The molecule has 0 aliphatic carbocycles. The molecule has 0 rings (SSSR count). The molecule has 0 aliphatic rings. The van der Waals surface area contributed by atoms with Crippen LogP contribution in [-0.4, -0.2) is 36.1 Å². The number of hydrogen-bond donors (Lipinski definition) is 3. The van der Waals surface area contributed by atoms with Crippen molar-refractivity contribution in [2.75, 3.05) is 13.6 Å². The summed E-state index contributed by atoms with van der Waals surface area (Å²) in [5.74, 6) is -0.494. The number of rotatable bonds is 8. The van der Waals surface area contributed by atoms with Crippen molar-refractivity contribution < 1.29 is 14.7 Å². The summed E-state index contributed by atoms with van der Waals surface area (Å²) in [7, 11) is 1.75. The summed E-state index contributed by atoms with van der Waals surface area (Å²) in [5, 5.41) is 14.3. The lowest BCUT2D eigenvalue weighted by atomic mass is 10.0. The highest BCUT2D eigenvalue weighted by Gasteiger charge is 2.24. The molecular weight excluding hydrogens is 220 g/mol. The first-order valence-corrected chi connectivity index (χ1v) is 5.98. The van der Waals surface area contributed by atoms with Gasteiger partial charge in [0.25, 0.3) is 0 Å². The van der Waals surface area contributed by atoms with Crippen LogP contribution in [0.15, 0.2) is 0 Å². The van der Waals surface area contributed by atoms with Crippen molar-refractivity contribution in [1.82, 2.24) is 10.6 Å². The molecular formula is C12H24N2O3. The highest BCUT2D eigenvalue weighted by molar-refractivity contribution is 5.85. The van der Waals surface area contributed by atoms with Crippen molar-refractivity contribution in [1.29, 1.82) is 0 Å². The predicted molar refractivity (Wildman–Crippen MR) is 66.8 cm³/mol. The van der Waals surface area contributed by atoms with Crippen LogP contribution in [0.5, 0.6) is 0 Å². The van der Waals surface area contributed by atoms with Gasteiger partial charge in [-0.15, -0.1) is 0 Å². The van der Waals surface area contributed by atoms with Gasteiger partial charge in [-0.2, -0.15) is 0 Å². The highest BCUT2D eigenvalue weighted by atomic mass is 16.4. The molecule has 0 bridgehead atoms. The minimum Gasteiger partial charge on any atom is -0.481 e. The summed E-state index contributed by atoms with van der Waals surface area (Å²) < 4.78 is 0. The first-order valence-electron chi connectivity index (χ1n) is 5.98. The van der Waals surface area contributed by atoms with E-state index >= 15 is 0 Å². The number of carbonyl (C=O) groups is 2. The molecule has 3 N–H and O–H groups in total. The van der Waals surface area contributed by atoms with E-state index < -0.39 is 11.5 Å². The molecule has 0 heterocycles. The number of hydrogen-bond acceptors (Lipinski definition) is 3. The van der Waals surface area contributed by atoms with Gasteiger partial charge in [-0.05, 0) is 39.7 Å². The second-order valence-corrected chi connectivity index (χ2v) is 4.96. The van der Waals surface area contributed by atoms with Crippen LogP contribution >= 0.6 is 0 Å². The number of amides is 1. The Morgan fingerprint density at radius 3 is 2.35 bits per heavy atom. The first-order chi connectivity index (χ1) is 7.79. The SMILES string of the molecule is CNC(C)(C)C(=O)NCCC(C)CCC(=O)O. The van der Waals surface area contributed by atoms with Gasteiger partial charge in [0.1, 0.15) is 0 Å². The summed E-state index contributed by atoms with van der Waals surface area (Å²) in [4.78, 5) is 22.1. The van der Waals surface area contributed by atoms with E-state index in [0.29, 0.717) is 18.9 Å². The molecule has 1 unspecified atom stereocenters. The standard InChI is InChI=1S/C12H24N2O3/c1-9(5-6-10(15)16)7-8-14-11(17)12(2,3)13-4/h9,13H,5-8H2,1-4H3,(H,14,17)(H,15,16). The molecule has 5 heteroatoms. The van der Waals surface area contributed by atoms with Gasteiger partial charge in [0.2, 0.25) is 5.91 Å². The molecule has 0 fully saturated rings. The topological polar surface area (TPSA) is 78.4 Å². The van der Waals surface area contributed by atoms with Crippen LogP contribution in [0.25, 0.3) is 0 Å². The number of carboxylic acids is 1. The molecule has 1 atom stereocenters. The maximum Gasteiger partial charge on any atom is 0.303 e. The molecule has 0 spiro atoms. The van der Waals surface area contributed by atoms with E-state index in [9.17, 15) is 9.59 Å². The molecule has 17 heavy (non-hydrogen) atoms. The average molecular weight is 244 g/mol. The monoisotopic (exact) mass is 244 g/mol. The van der Waals surface area contributed by atoms with Crippen molar-refractivity contribution in [2.45, 2.75) is 45.6 Å². The zero-order valence-corrected chi connectivity index (χ0v) is 11.2. The van der Waals surface area contributed by atoms with Crippen LogP contribution in [0.3, 0.4) is 0 Å². The Morgan fingerprint density at radius 1 is 1.29 bits per heavy atom. The van der Waals surface area contributed by atoms with E-state index in [1.54, 1.807) is 7.05 Å². The molecule has 0 aromatic heterocycles. The Bertz CT molecular complexity index is 264.